The monoisotopic (exact) mass is 186 g/mol. The van der Waals surface area contributed by atoms with Crippen molar-refractivity contribution in [2.75, 3.05) is 0 Å². The molecule has 3 nitrogen and oxygen atoms in total. The second kappa shape index (κ2) is 4.87. The Bertz CT molecular complexity index is 257. The Morgan fingerprint density at radius 3 is 2.83 bits per heavy atom. The molecule has 0 atom stereocenters. The molecule has 0 saturated heterocycles. The molecule has 1 heterocycles. The van der Waals surface area contributed by atoms with Gasteiger partial charge >= 0.3 is 0 Å². The molecule has 0 aromatic carbocycles. The molecule has 0 bridgehead atoms. The molecule has 0 aliphatic carbocycles. The van der Waals surface area contributed by atoms with Crippen LogP contribution in [-0.4, -0.2) is 10.9 Å². The Balaban J connectivity index is 0.00000121. The zero-order chi connectivity index (χ0) is 8.27. The topological polar surface area (TPSA) is 42.0 Å². The van der Waals surface area contributed by atoms with Gasteiger partial charge in [-0.05, 0) is 6.92 Å². The maximum absolute atomic E-state index is 10.5. The number of hydrogen-bond donors (Lipinski definition) is 1. The minimum atomic E-state index is -0.0159. The first-order chi connectivity index (χ1) is 5.18. The molecule has 1 amide bonds. The Labute approximate surface area is 76.8 Å². The van der Waals surface area contributed by atoms with Gasteiger partial charge in [0, 0.05) is 18.0 Å². The van der Waals surface area contributed by atoms with Crippen molar-refractivity contribution in [1.29, 1.82) is 0 Å². The fraction of sp³-hybridized carbons (Fsp3) is 0.500. The van der Waals surface area contributed by atoms with Gasteiger partial charge in [0.1, 0.15) is 5.01 Å². The van der Waals surface area contributed by atoms with Gasteiger partial charge in [-0.15, -0.1) is 11.3 Å². The third-order valence-corrected chi connectivity index (χ3v) is 2.12. The summed E-state index contributed by atoms with van der Waals surface area (Å²) in [7, 11) is 0. The number of aromatic nitrogens is 1. The van der Waals surface area contributed by atoms with Crippen molar-refractivity contribution in [3.8, 4) is 0 Å². The average molecular weight is 186 g/mol. The molecule has 0 unspecified atom stereocenters. The summed E-state index contributed by atoms with van der Waals surface area (Å²) in [5.74, 6) is -0.0159. The van der Waals surface area contributed by atoms with E-state index in [0.717, 1.165) is 10.7 Å². The molecule has 1 N–H and O–H groups in total. The summed E-state index contributed by atoms with van der Waals surface area (Å²) in [4.78, 5) is 14.7. The van der Waals surface area contributed by atoms with Crippen LogP contribution in [0, 0.1) is 6.92 Å². The van der Waals surface area contributed by atoms with Gasteiger partial charge in [-0.1, -0.05) is 7.43 Å². The van der Waals surface area contributed by atoms with Crippen LogP contribution in [0.4, 0.5) is 0 Å². The van der Waals surface area contributed by atoms with E-state index in [2.05, 4.69) is 10.3 Å². The van der Waals surface area contributed by atoms with Crippen LogP contribution in [0.2, 0.25) is 0 Å². The second-order valence-corrected chi connectivity index (χ2v) is 3.24. The van der Waals surface area contributed by atoms with Crippen molar-refractivity contribution in [2.24, 2.45) is 0 Å². The van der Waals surface area contributed by atoms with Gasteiger partial charge in [-0.2, -0.15) is 0 Å². The van der Waals surface area contributed by atoms with E-state index in [1.807, 2.05) is 12.3 Å². The second-order valence-electron chi connectivity index (χ2n) is 2.29. The minimum absolute atomic E-state index is 0. The molecule has 0 aliphatic rings. The molecular formula is C8H14N2OS. The largest absolute Gasteiger partial charge is 0.350 e. The zero-order valence-electron chi connectivity index (χ0n) is 6.55. The Morgan fingerprint density at radius 2 is 2.42 bits per heavy atom. The molecule has 1 aromatic heterocycles. The summed E-state index contributed by atoms with van der Waals surface area (Å²) < 4.78 is 0. The molecule has 0 aliphatic heterocycles. The standard InChI is InChI=1S/C7H10N2OS.CH4/c1-5-4-11-7(9-5)3-8-6(2)10;/h4H,3H2,1-2H3,(H,8,10);1H4. The van der Waals surface area contributed by atoms with Crippen molar-refractivity contribution in [3.63, 3.8) is 0 Å². The van der Waals surface area contributed by atoms with E-state index in [0.29, 0.717) is 6.54 Å². The van der Waals surface area contributed by atoms with Crippen molar-refractivity contribution < 1.29 is 4.79 Å². The van der Waals surface area contributed by atoms with Gasteiger partial charge in [0.25, 0.3) is 0 Å². The molecule has 1 aromatic rings. The normalized spacial score (nSPS) is 8.83. The van der Waals surface area contributed by atoms with E-state index < -0.39 is 0 Å². The Morgan fingerprint density at radius 1 is 1.75 bits per heavy atom. The molecule has 4 heteroatoms. The lowest BCUT2D eigenvalue weighted by molar-refractivity contribution is -0.119. The lowest BCUT2D eigenvalue weighted by Crippen LogP contribution is -2.18. The molecule has 12 heavy (non-hydrogen) atoms. The van der Waals surface area contributed by atoms with Gasteiger partial charge in [0.05, 0.1) is 6.54 Å². The van der Waals surface area contributed by atoms with E-state index >= 15 is 0 Å². The van der Waals surface area contributed by atoms with Crippen LogP contribution in [0.3, 0.4) is 0 Å². The van der Waals surface area contributed by atoms with Crippen molar-refractivity contribution in [1.82, 2.24) is 10.3 Å². The quantitative estimate of drug-likeness (QED) is 0.764. The fourth-order valence-electron chi connectivity index (χ4n) is 0.684. The van der Waals surface area contributed by atoms with Crippen molar-refractivity contribution in [3.05, 3.63) is 16.1 Å². The summed E-state index contributed by atoms with van der Waals surface area (Å²) in [5, 5.41) is 5.61. The minimum Gasteiger partial charge on any atom is -0.350 e. The van der Waals surface area contributed by atoms with Gasteiger partial charge < -0.3 is 5.32 Å². The average Bonchev–Trinajstić information content (AvgIpc) is 2.31. The number of carbonyl (C=O) groups excluding carboxylic acids is 1. The maximum Gasteiger partial charge on any atom is 0.217 e. The molecule has 0 fully saturated rings. The molecule has 68 valence electrons. The lowest BCUT2D eigenvalue weighted by atomic mass is 10.5. The molecule has 0 radical (unpaired) electrons. The van der Waals surface area contributed by atoms with E-state index in [4.69, 9.17) is 0 Å². The number of hydrogen-bond acceptors (Lipinski definition) is 3. The third kappa shape index (κ3) is 3.48. The highest BCUT2D eigenvalue weighted by molar-refractivity contribution is 7.09. The van der Waals surface area contributed by atoms with E-state index in [1.165, 1.54) is 6.92 Å². The smallest absolute Gasteiger partial charge is 0.217 e. The summed E-state index contributed by atoms with van der Waals surface area (Å²) in [6.45, 7) is 3.99. The van der Waals surface area contributed by atoms with Crippen molar-refractivity contribution in [2.45, 2.75) is 27.8 Å². The highest BCUT2D eigenvalue weighted by Gasteiger charge is 1.97. The third-order valence-electron chi connectivity index (χ3n) is 1.16. The summed E-state index contributed by atoms with van der Waals surface area (Å²) in [6, 6.07) is 0. The van der Waals surface area contributed by atoms with E-state index in [9.17, 15) is 4.79 Å². The predicted molar refractivity (Wildman–Crippen MR) is 51.1 cm³/mol. The molecule has 1 rings (SSSR count). The SMILES string of the molecule is C.CC(=O)NCc1nc(C)cs1. The van der Waals surface area contributed by atoms with Crippen molar-refractivity contribution >= 4 is 17.2 Å². The number of nitrogens with one attached hydrogen (secondary N) is 1. The number of nitrogens with zero attached hydrogens (tertiary/aromatic N) is 1. The highest BCUT2D eigenvalue weighted by atomic mass is 32.1. The molecule has 0 saturated carbocycles. The summed E-state index contributed by atoms with van der Waals surface area (Å²) in [5.41, 5.74) is 1.01. The number of aryl methyl sites for hydroxylation is 1. The molecule has 0 spiro atoms. The summed E-state index contributed by atoms with van der Waals surface area (Å²) >= 11 is 1.57. The first kappa shape index (κ1) is 11.1. The number of amides is 1. The number of carbonyl (C=O) groups is 1. The molecular weight excluding hydrogens is 172 g/mol. The summed E-state index contributed by atoms with van der Waals surface area (Å²) in [6.07, 6.45) is 0. The van der Waals surface area contributed by atoms with Crippen LogP contribution < -0.4 is 5.32 Å². The maximum atomic E-state index is 10.5. The van der Waals surface area contributed by atoms with Crippen LogP contribution >= 0.6 is 11.3 Å². The van der Waals surface area contributed by atoms with Crippen LogP contribution in [0.5, 0.6) is 0 Å². The number of rotatable bonds is 2. The van der Waals surface area contributed by atoms with Gasteiger partial charge in [-0.3, -0.25) is 4.79 Å². The van der Waals surface area contributed by atoms with Crippen LogP contribution in [-0.2, 0) is 11.3 Å². The van der Waals surface area contributed by atoms with Crippen LogP contribution in [0.15, 0.2) is 5.38 Å². The highest BCUT2D eigenvalue weighted by Crippen LogP contribution is 2.07. The lowest BCUT2D eigenvalue weighted by Gasteiger charge is -1.95. The zero-order valence-corrected chi connectivity index (χ0v) is 7.36. The Hall–Kier alpha value is -0.900. The number of thiazole rings is 1. The van der Waals surface area contributed by atoms with Gasteiger partial charge in [0.2, 0.25) is 5.91 Å². The van der Waals surface area contributed by atoms with Crippen LogP contribution in [0.1, 0.15) is 25.1 Å². The Kier molecular flexibility index (Phi) is 4.51. The fourth-order valence-corrected chi connectivity index (χ4v) is 1.40. The van der Waals surface area contributed by atoms with Crippen LogP contribution in [0.25, 0.3) is 0 Å². The predicted octanol–water partition coefficient (Wildman–Crippen LogP) is 1.72. The van der Waals surface area contributed by atoms with E-state index in [1.54, 1.807) is 11.3 Å². The van der Waals surface area contributed by atoms with Gasteiger partial charge in [0.15, 0.2) is 0 Å². The van der Waals surface area contributed by atoms with Gasteiger partial charge in [-0.25, -0.2) is 4.98 Å². The first-order valence-corrected chi connectivity index (χ1v) is 4.22. The van der Waals surface area contributed by atoms with E-state index in [-0.39, 0.29) is 13.3 Å². The first-order valence-electron chi connectivity index (χ1n) is 3.34.